The molecule has 1 atom stereocenters. The molecule has 136 valence electrons. The number of benzene rings is 2. The lowest BCUT2D eigenvalue weighted by Gasteiger charge is -2.22. The molecule has 5 heteroatoms. The van der Waals surface area contributed by atoms with Crippen molar-refractivity contribution in [1.29, 1.82) is 10.5 Å². The third-order valence-electron chi connectivity index (χ3n) is 4.81. The van der Waals surface area contributed by atoms with Gasteiger partial charge in [0, 0.05) is 25.6 Å². The molecule has 1 aliphatic heterocycles. The summed E-state index contributed by atoms with van der Waals surface area (Å²) in [6, 6.07) is 19.1. The van der Waals surface area contributed by atoms with Gasteiger partial charge in [0.2, 0.25) is 5.91 Å². The average Bonchev–Trinajstić information content (AvgIpc) is 2.74. The van der Waals surface area contributed by atoms with E-state index in [1.807, 2.05) is 36.4 Å². The van der Waals surface area contributed by atoms with E-state index in [0.717, 1.165) is 16.7 Å². The highest BCUT2D eigenvalue weighted by Crippen LogP contribution is 2.21. The summed E-state index contributed by atoms with van der Waals surface area (Å²) in [6.45, 7) is 1.21. The Morgan fingerprint density at radius 1 is 1.04 bits per heavy atom. The lowest BCUT2D eigenvalue weighted by Crippen LogP contribution is -2.41. The van der Waals surface area contributed by atoms with Crippen molar-refractivity contribution in [2.75, 3.05) is 13.2 Å². The summed E-state index contributed by atoms with van der Waals surface area (Å²) in [5.41, 5.74) is 3.70. The van der Waals surface area contributed by atoms with Gasteiger partial charge >= 0.3 is 0 Å². The second-order valence-corrected chi connectivity index (χ2v) is 6.67. The van der Waals surface area contributed by atoms with Crippen molar-refractivity contribution in [1.82, 2.24) is 5.32 Å². The minimum absolute atomic E-state index is 0.0564. The van der Waals surface area contributed by atoms with E-state index in [-0.39, 0.29) is 11.8 Å². The number of hydrogen-bond acceptors (Lipinski definition) is 4. The van der Waals surface area contributed by atoms with Crippen molar-refractivity contribution in [2.24, 2.45) is 5.92 Å². The summed E-state index contributed by atoms with van der Waals surface area (Å²) in [7, 11) is 0. The van der Waals surface area contributed by atoms with E-state index >= 15 is 0 Å². The molecule has 2 aromatic carbocycles. The van der Waals surface area contributed by atoms with Crippen LogP contribution in [0.5, 0.6) is 0 Å². The first-order valence-electron chi connectivity index (χ1n) is 9.07. The maximum absolute atomic E-state index is 12.3. The van der Waals surface area contributed by atoms with Crippen LogP contribution in [0.25, 0.3) is 11.1 Å². The van der Waals surface area contributed by atoms with Crippen LogP contribution in [0.2, 0.25) is 0 Å². The van der Waals surface area contributed by atoms with Gasteiger partial charge in [-0.3, -0.25) is 4.79 Å². The van der Waals surface area contributed by atoms with E-state index < -0.39 is 6.04 Å². The predicted molar refractivity (Wildman–Crippen MR) is 101 cm³/mol. The Morgan fingerprint density at radius 2 is 1.63 bits per heavy atom. The van der Waals surface area contributed by atoms with E-state index in [1.54, 1.807) is 12.1 Å². The van der Waals surface area contributed by atoms with Gasteiger partial charge in [-0.2, -0.15) is 10.5 Å². The smallest absolute Gasteiger partial charge is 0.224 e. The molecule has 0 spiro atoms. The van der Waals surface area contributed by atoms with Crippen LogP contribution in [-0.4, -0.2) is 25.2 Å². The Bertz CT molecular complexity index is 854. The van der Waals surface area contributed by atoms with E-state index in [9.17, 15) is 10.1 Å². The molecule has 5 nitrogen and oxygen atoms in total. The van der Waals surface area contributed by atoms with Crippen LogP contribution in [0, 0.1) is 28.6 Å². The maximum Gasteiger partial charge on any atom is 0.224 e. The number of carbonyl (C=O) groups is 1. The fourth-order valence-corrected chi connectivity index (χ4v) is 3.18. The largest absolute Gasteiger partial charge is 0.381 e. The molecule has 1 aliphatic rings. The van der Waals surface area contributed by atoms with Crippen LogP contribution >= 0.6 is 0 Å². The Labute approximate surface area is 159 Å². The first-order chi connectivity index (χ1) is 13.2. The summed E-state index contributed by atoms with van der Waals surface area (Å²) in [5.74, 6) is -0.118. The molecule has 0 bridgehead atoms. The van der Waals surface area contributed by atoms with Crippen molar-refractivity contribution in [3.8, 4) is 23.3 Å². The van der Waals surface area contributed by atoms with Crippen molar-refractivity contribution >= 4 is 5.91 Å². The van der Waals surface area contributed by atoms with E-state index in [2.05, 4.69) is 17.5 Å². The number of carbonyl (C=O) groups excluding carboxylic acids is 1. The van der Waals surface area contributed by atoms with E-state index in [1.165, 1.54) is 0 Å². The lowest BCUT2D eigenvalue weighted by atomic mass is 9.97. The molecular formula is C22H21N3O2. The summed E-state index contributed by atoms with van der Waals surface area (Å²) < 4.78 is 5.28. The number of hydrogen-bond donors (Lipinski definition) is 1. The van der Waals surface area contributed by atoms with E-state index in [4.69, 9.17) is 10.00 Å². The topological polar surface area (TPSA) is 85.9 Å². The molecule has 0 aliphatic carbocycles. The number of ether oxygens (including phenoxy) is 1. The van der Waals surface area contributed by atoms with Gasteiger partial charge in [-0.1, -0.05) is 36.4 Å². The van der Waals surface area contributed by atoms with Crippen LogP contribution in [-0.2, 0) is 16.0 Å². The van der Waals surface area contributed by atoms with Gasteiger partial charge < -0.3 is 10.1 Å². The summed E-state index contributed by atoms with van der Waals surface area (Å²) in [6.07, 6.45) is 1.89. The highest BCUT2D eigenvalue weighted by atomic mass is 16.5. The standard InChI is InChI=1S/C22H21N3O2/c23-14-17-3-7-19(8-4-17)18-5-1-16(2-6-18)13-21(15-24)25-22(26)20-9-11-27-12-10-20/h1-8,20-21H,9-13H2,(H,25,26). The zero-order valence-electron chi connectivity index (χ0n) is 15.0. The average molecular weight is 359 g/mol. The summed E-state index contributed by atoms with van der Waals surface area (Å²) in [5, 5.41) is 21.1. The highest BCUT2D eigenvalue weighted by molar-refractivity contribution is 5.79. The van der Waals surface area contributed by atoms with Crippen LogP contribution in [0.1, 0.15) is 24.0 Å². The van der Waals surface area contributed by atoms with Gasteiger partial charge in [0.1, 0.15) is 6.04 Å². The van der Waals surface area contributed by atoms with Gasteiger partial charge in [-0.25, -0.2) is 0 Å². The zero-order chi connectivity index (χ0) is 19.1. The molecule has 27 heavy (non-hydrogen) atoms. The normalized spacial score (nSPS) is 15.3. The first-order valence-corrected chi connectivity index (χ1v) is 9.07. The van der Waals surface area contributed by atoms with Crippen LogP contribution in [0.15, 0.2) is 48.5 Å². The number of nitrogens with one attached hydrogen (secondary N) is 1. The van der Waals surface area contributed by atoms with Gasteiger partial charge in [0.25, 0.3) is 0 Å². The second kappa shape index (κ2) is 8.98. The fourth-order valence-electron chi connectivity index (χ4n) is 3.18. The first kappa shape index (κ1) is 18.6. The predicted octanol–water partition coefficient (Wildman–Crippen LogP) is 3.20. The number of amides is 1. The van der Waals surface area contributed by atoms with Gasteiger partial charge in [0.05, 0.1) is 17.7 Å². The summed E-state index contributed by atoms with van der Waals surface area (Å²) in [4.78, 5) is 12.3. The highest BCUT2D eigenvalue weighted by Gasteiger charge is 2.23. The van der Waals surface area contributed by atoms with Crippen molar-refractivity contribution in [2.45, 2.75) is 25.3 Å². The molecular weight excluding hydrogens is 338 g/mol. The molecule has 2 aromatic rings. The third kappa shape index (κ3) is 4.94. The second-order valence-electron chi connectivity index (χ2n) is 6.67. The third-order valence-corrected chi connectivity index (χ3v) is 4.81. The monoisotopic (exact) mass is 359 g/mol. The number of rotatable bonds is 5. The molecule has 1 heterocycles. The quantitative estimate of drug-likeness (QED) is 0.888. The minimum Gasteiger partial charge on any atom is -0.381 e. The Morgan fingerprint density at radius 3 is 2.19 bits per heavy atom. The molecule has 1 N–H and O–H groups in total. The zero-order valence-corrected chi connectivity index (χ0v) is 15.0. The molecule has 0 aromatic heterocycles. The van der Waals surface area contributed by atoms with E-state index in [0.29, 0.717) is 38.0 Å². The Balaban J connectivity index is 1.61. The maximum atomic E-state index is 12.3. The minimum atomic E-state index is -0.541. The number of nitriles is 2. The molecule has 1 unspecified atom stereocenters. The van der Waals surface area contributed by atoms with Crippen LogP contribution < -0.4 is 5.32 Å². The summed E-state index contributed by atoms with van der Waals surface area (Å²) >= 11 is 0. The van der Waals surface area contributed by atoms with Crippen LogP contribution in [0.3, 0.4) is 0 Å². The molecule has 0 saturated carbocycles. The van der Waals surface area contributed by atoms with Gasteiger partial charge in [-0.05, 0) is 41.7 Å². The molecule has 1 amide bonds. The Hall–Kier alpha value is -3.15. The molecule has 1 fully saturated rings. The van der Waals surface area contributed by atoms with Crippen molar-refractivity contribution < 1.29 is 9.53 Å². The SMILES string of the molecule is N#Cc1ccc(-c2ccc(CC(C#N)NC(=O)C3CCOCC3)cc2)cc1. The number of nitrogens with zero attached hydrogens (tertiary/aromatic N) is 2. The molecule has 0 radical (unpaired) electrons. The fraction of sp³-hybridized carbons (Fsp3) is 0.318. The van der Waals surface area contributed by atoms with Crippen LogP contribution in [0.4, 0.5) is 0 Å². The van der Waals surface area contributed by atoms with Crippen molar-refractivity contribution in [3.63, 3.8) is 0 Å². The van der Waals surface area contributed by atoms with Gasteiger partial charge in [0.15, 0.2) is 0 Å². The van der Waals surface area contributed by atoms with Gasteiger partial charge in [-0.15, -0.1) is 0 Å². The molecule has 3 rings (SSSR count). The van der Waals surface area contributed by atoms with Crippen molar-refractivity contribution in [3.05, 3.63) is 59.7 Å². The molecule has 1 saturated heterocycles. The Kier molecular flexibility index (Phi) is 6.20. The lowest BCUT2D eigenvalue weighted by molar-refractivity contribution is -0.128.